The van der Waals surface area contributed by atoms with Gasteiger partial charge in [-0.05, 0) is 54.8 Å². The molecule has 5 nitrogen and oxygen atoms in total. The molecule has 0 radical (unpaired) electrons. The molecule has 6 heteroatoms. The van der Waals surface area contributed by atoms with E-state index in [0.29, 0.717) is 17.8 Å². The van der Waals surface area contributed by atoms with Gasteiger partial charge in [0.15, 0.2) is 0 Å². The molecule has 2 amide bonds. The summed E-state index contributed by atoms with van der Waals surface area (Å²) in [6.45, 7) is 0.373. The van der Waals surface area contributed by atoms with Crippen molar-refractivity contribution < 1.29 is 14.0 Å². The summed E-state index contributed by atoms with van der Waals surface area (Å²) in [6.07, 6.45) is 3.42. The highest BCUT2D eigenvalue weighted by Crippen LogP contribution is 2.27. The smallest absolute Gasteiger partial charge is 0.255 e. The maximum atomic E-state index is 12.9. The van der Waals surface area contributed by atoms with Gasteiger partial charge >= 0.3 is 0 Å². The average molecular weight is 355 g/mol. The maximum Gasteiger partial charge on any atom is 0.255 e. The summed E-state index contributed by atoms with van der Waals surface area (Å²) >= 11 is 0. The molecular weight excluding hydrogens is 333 g/mol. The fraction of sp³-hybridized carbons (Fsp3) is 0.300. The van der Waals surface area contributed by atoms with Crippen molar-refractivity contribution in [3.05, 3.63) is 65.5 Å². The fourth-order valence-corrected chi connectivity index (χ4v) is 3.10. The average Bonchev–Trinajstić information content (AvgIpc) is 3.10. The van der Waals surface area contributed by atoms with Crippen molar-refractivity contribution in [1.82, 2.24) is 5.32 Å². The van der Waals surface area contributed by atoms with Crippen LogP contribution in [0.4, 0.5) is 10.1 Å². The minimum Gasteiger partial charge on any atom is -0.350 e. The summed E-state index contributed by atoms with van der Waals surface area (Å²) < 4.78 is 12.9. The monoisotopic (exact) mass is 355 g/mol. The molecule has 2 aromatic rings. The molecule has 1 aliphatic rings. The van der Waals surface area contributed by atoms with E-state index in [-0.39, 0.29) is 17.6 Å². The van der Waals surface area contributed by atoms with Crippen molar-refractivity contribution in [3.63, 3.8) is 0 Å². The highest BCUT2D eigenvalue weighted by Gasteiger charge is 2.36. The van der Waals surface area contributed by atoms with Crippen LogP contribution in [0.1, 0.15) is 41.6 Å². The summed E-state index contributed by atoms with van der Waals surface area (Å²) in [5.41, 5.74) is 7.28. The van der Waals surface area contributed by atoms with Gasteiger partial charge in [-0.2, -0.15) is 0 Å². The van der Waals surface area contributed by atoms with Gasteiger partial charge in [0.05, 0.1) is 5.54 Å². The normalized spacial score (nSPS) is 15.5. The lowest BCUT2D eigenvalue weighted by atomic mass is 9.98. The van der Waals surface area contributed by atoms with E-state index in [1.807, 2.05) is 0 Å². The fourth-order valence-electron chi connectivity index (χ4n) is 3.10. The van der Waals surface area contributed by atoms with Gasteiger partial charge < -0.3 is 16.4 Å². The Kier molecular flexibility index (Phi) is 5.32. The summed E-state index contributed by atoms with van der Waals surface area (Å²) in [5.74, 6) is -0.751. The molecule has 2 aromatic carbocycles. The Hall–Kier alpha value is -2.73. The number of halogens is 1. The zero-order chi connectivity index (χ0) is 18.6. The van der Waals surface area contributed by atoms with Gasteiger partial charge in [-0.3, -0.25) is 9.59 Å². The molecule has 0 unspecified atom stereocenters. The molecule has 1 aliphatic carbocycles. The molecule has 26 heavy (non-hydrogen) atoms. The quantitative estimate of drug-likeness (QED) is 0.771. The first-order chi connectivity index (χ1) is 12.5. The van der Waals surface area contributed by atoms with Crippen molar-refractivity contribution in [2.24, 2.45) is 5.73 Å². The van der Waals surface area contributed by atoms with E-state index in [4.69, 9.17) is 5.73 Å². The topological polar surface area (TPSA) is 84.2 Å². The molecule has 4 N–H and O–H groups in total. The Balaban J connectivity index is 1.55. The Morgan fingerprint density at radius 3 is 2.23 bits per heavy atom. The number of nitrogens with one attached hydrogen (secondary N) is 2. The number of benzene rings is 2. The van der Waals surface area contributed by atoms with Crippen LogP contribution >= 0.6 is 0 Å². The van der Waals surface area contributed by atoms with Crippen LogP contribution in [0.3, 0.4) is 0 Å². The standard InChI is InChI=1S/C20H22FN3O2/c21-16-7-9-17(10-8-16)24-18(25)15-5-3-14(4-6-15)13-23-19(26)20(22)11-1-2-12-20/h3-10H,1-2,11-13,22H2,(H,23,26)(H,24,25). The van der Waals surface area contributed by atoms with Crippen LogP contribution in [-0.2, 0) is 11.3 Å². The third-order valence-electron chi connectivity index (χ3n) is 4.72. The van der Waals surface area contributed by atoms with Gasteiger partial charge in [0, 0.05) is 17.8 Å². The summed E-state index contributed by atoms with van der Waals surface area (Å²) in [7, 11) is 0. The van der Waals surface area contributed by atoms with E-state index in [0.717, 1.165) is 31.2 Å². The zero-order valence-corrected chi connectivity index (χ0v) is 14.4. The van der Waals surface area contributed by atoms with Gasteiger partial charge in [0.1, 0.15) is 5.82 Å². The molecule has 1 saturated carbocycles. The molecule has 0 atom stereocenters. The first-order valence-corrected chi connectivity index (χ1v) is 8.69. The van der Waals surface area contributed by atoms with Gasteiger partial charge in [-0.15, -0.1) is 0 Å². The van der Waals surface area contributed by atoms with E-state index in [1.54, 1.807) is 24.3 Å². The molecule has 136 valence electrons. The second kappa shape index (κ2) is 7.66. The summed E-state index contributed by atoms with van der Waals surface area (Å²) in [4.78, 5) is 24.4. The molecular formula is C20H22FN3O2. The highest BCUT2D eigenvalue weighted by molar-refractivity contribution is 6.04. The van der Waals surface area contributed by atoms with Crippen molar-refractivity contribution in [1.29, 1.82) is 0 Å². The van der Waals surface area contributed by atoms with Crippen molar-refractivity contribution in [3.8, 4) is 0 Å². The van der Waals surface area contributed by atoms with Crippen LogP contribution in [0.5, 0.6) is 0 Å². The largest absolute Gasteiger partial charge is 0.350 e. The van der Waals surface area contributed by atoms with Crippen LogP contribution in [0.2, 0.25) is 0 Å². The van der Waals surface area contributed by atoms with Gasteiger partial charge in [0.25, 0.3) is 5.91 Å². The van der Waals surface area contributed by atoms with Gasteiger partial charge in [-0.25, -0.2) is 4.39 Å². The predicted molar refractivity (Wildman–Crippen MR) is 98.0 cm³/mol. The lowest BCUT2D eigenvalue weighted by Crippen LogP contribution is -2.51. The van der Waals surface area contributed by atoms with Gasteiger partial charge in [0.2, 0.25) is 5.91 Å². The van der Waals surface area contributed by atoms with E-state index < -0.39 is 5.54 Å². The van der Waals surface area contributed by atoms with E-state index in [9.17, 15) is 14.0 Å². The number of nitrogens with two attached hydrogens (primary N) is 1. The Bertz CT molecular complexity index is 782. The lowest BCUT2D eigenvalue weighted by molar-refractivity contribution is -0.126. The van der Waals surface area contributed by atoms with Crippen molar-refractivity contribution in [2.75, 3.05) is 5.32 Å². The second-order valence-electron chi connectivity index (χ2n) is 6.70. The molecule has 1 fully saturated rings. The number of carbonyl (C=O) groups excluding carboxylic acids is 2. The second-order valence-corrected chi connectivity index (χ2v) is 6.70. The number of hydrogen-bond donors (Lipinski definition) is 3. The number of anilines is 1. The first-order valence-electron chi connectivity index (χ1n) is 8.69. The highest BCUT2D eigenvalue weighted by atomic mass is 19.1. The number of hydrogen-bond acceptors (Lipinski definition) is 3. The third kappa shape index (κ3) is 4.26. The molecule has 0 bridgehead atoms. The maximum absolute atomic E-state index is 12.9. The zero-order valence-electron chi connectivity index (χ0n) is 14.4. The van der Waals surface area contributed by atoms with E-state index in [1.165, 1.54) is 24.3 Å². The number of amides is 2. The molecule has 0 saturated heterocycles. The molecule has 0 aliphatic heterocycles. The SMILES string of the molecule is NC1(C(=O)NCc2ccc(C(=O)Nc3ccc(F)cc3)cc2)CCCC1. The van der Waals surface area contributed by atoms with Crippen LogP contribution < -0.4 is 16.4 Å². The first kappa shape index (κ1) is 18.1. The molecule has 0 aromatic heterocycles. The Morgan fingerprint density at radius 2 is 1.62 bits per heavy atom. The minimum atomic E-state index is -0.741. The van der Waals surface area contributed by atoms with Crippen molar-refractivity contribution >= 4 is 17.5 Å². The lowest BCUT2D eigenvalue weighted by Gasteiger charge is -2.22. The summed E-state index contributed by atoms with van der Waals surface area (Å²) in [6, 6.07) is 12.5. The van der Waals surface area contributed by atoms with Crippen molar-refractivity contribution in [2.45, 2.75) is 37.8 Å². The predicted octanol–water partition coefficient (Wildman–Crippen LogP) is 2.97. The van der Waals surface area contributed by atoms with Crippen LogP contribution in [-0.4, -0.2) is 17.4 Å². The molecule has 3 rings (SSSR count). The van der Waals surface area contributed by atoms with E-state index >= 15 is 0 Å². The Labute approximate surface area is 151 Å². The summed E-state index contributed by atoms with van der Waals surface area (Å²) in [5, 5.41) is 5.58. The molecule has 0 heterocycles. The van der Waals surface area contributed by atoms with Crippen LogP contribution in [0.15, 0.2) is 48.5 Å². The Morgan fingerprint density at radius 1 is 1.00 bits per heavy atom. The number of rotatable bonds is 5. The third-order valence-corrected chi connectivity index (χ3v) is 4.72. The minimum absolute atomic E-state index is 0.117. The molecule has 0 spiro atoms. The van der Waals surface area contributed by atoms with Crippen LogP contribution in [0, 0.1) is 5.82 Å². The number of carbonyl (C=O) groups is 2. The van der Waals surface area contributed by atoms with Gasteiger partial charge in [-0.1, -0.05) is 25.0 Å². The van der Waals surface area contributed by atoms with E-state index in [2.05, 4.69) is 10.6 Å². The van der Waals surface area contributed by atoms with Crippen LogP contribution in [0.25, 0.3) is 0 Å².